The van der Waals surface area contributed by atoms with E-state index in [9.17, 15) is 5.11 Å². The van der Waals surface area contributed by atoms with Crippen LogP contribution in [0.4, 0.5) is 0 Å². The Labute approximate surface area is 160 Å². The van der Waals surface area contributed by atoms with E-state index in [1.165, 1.54) is 5.56 Å². The van der Waals surface area contributed by atoms with E-state index in [-0.39, 0.29) is 17.6 Å². The van der Waals surface area contributed by atoms with Crippen LogP contribution in [0.3, 0.4) is 0 Å². The first-order valence-corrected chi connectivity index (χ1v) is 9.20. The quantitative estimate of drug-likeness (QED) is 0.671. The van der Waals surface area contributed by atoms with Crippen molar-refractivity contribution in [1.29, 1.82) is 0 Å². The van der Waals surface area contributed by atoms with Crippen LogP contribution in [-0.4, -0.2) is 17.8 Å². The smallest absolute Gasteiger partial charge is 0.127 e. The van der Waals surface area contributed by atoms with E-state index < -0.39 is 5.60 Å². The molecule has 0 spiro atoms. The van der Waals surface area contributed by atoms with E-state index in [4.69, 9.17) is 9.47 Å². The lowest BCUT2D eigenvalue weighted by molar-refractivity contribution is 0.0528. The number of fused-ring (bicyclic) bond motifs is 1. The Morgan fingerprint density at radius 3 is 2.26 bits per heavy atom. The molecule has 27 heavy (non-hydrogen) atoms. The van der Waals surface area contributed by atoms with Crippen LogP contribution in [0.25, 0.3) is 0 Å². The molecule has 3 aromatic carbocycles. The average molecular weight is 360 g/mol. The third kappa shape index (κ3) is 3.14. The number of aromatic hydroxyl groups is 1. The Bertz CT molecular complexity index is 930. The molecule has 4 rings (SSSR count). The fourth-order valence-electron chi connectivity index (χ4n) is 4.22. The van der Waals surface area contributed by atoms with E-state index in [0.29, 0.717) is 0 Å². The predicted molar refractivity (Wildman–Crippen MR) is 107 cm³/mol. The third-order valence-electron chi connectivity index (χ3n) is 5.42. The SMILES string of the molecule is COc1ccc2c(c1)OC(C)(C)C(c1ccc(O)cc1)C2c1ccccc1. The van der Waals surface area contributed by atoms with Gasteiger partial charge < -0.3 is 14.6 Å². The van der Waals surface area contributed by atoms with E-state index >= 15 is 0 Å². The maximum absolute atomic E-state index is 9.74. The Hall–Kier alpha value is -2.94. The lowest BCUT2D eigenvalue weighted by Crippen LogP contribution is -2.43. The minimum atomic E-state index is -0.434. The molecule has 1 N–H and O–H groups in total. The summed E-state index contributed by atoms with van der Waals surface area (Å²) in [6, 6.07) is 24.1. The lowest BCUT2D eigenvalue weighted by atomic mass is 9.68. The van der Waals surface area contributed by atoms with Gasteiger partial charge in [-0.2, -0.15) is 0 Å². The van der Waals surface area contributed by atoms with Crippen molar-refractivity contribution >= 4 is 0 Å². The zero-order valence-electron chi connectivity index (χ0n) is 15.8. The molecule has 0 radical (unpaired) electrons. The number of methoxy groups -OCH3 is 1. The van der Waals surface area contributed by atoms with Gasteiger partial charge in [-0.05, 0) is 43.2 Å². The molecule has 0 aromatic heterocycles. The van der Waals surface area contributed by atoms with Crippen molar-refractivity contribution in [2.45, 2.75) is 31.3 Å². The zero-order chi connectivity index (χ0) is 19.0. The van der Waals surface area contributed by atoms with Crippen molar-refractivity contribution in [2.75, 3.05) is 7.11 Å². The lowest BCUT2D eigenvalue weighted by Gasteiger charge is -2.45. The predicted octanol–water partition coefficient (Wildman–Crippen LogP) is 5.49. The van der Waals surface area contributed by atoms with E-state index in [1.807, 2.05) is 30.3 Å². The highest BCUT2D eigenvalue weighted by Crippen LogP contribution is 2.53. The average Bonchev–Trinajstić information content (AvgIpc) is 2.67. The number of ether oxygens (including phenoxy) is 2. The van der Waals surface area contributed by atoms with Gasteiger partial charge in [0.15, 0.2) is 0 Å². The van der Waals surface area contributed by atoms with Crippen molar-refractivity contribution in [3.8, 4) is 17.2 Å². The van der Waals surface area contributed by atoms with Crippen LogP contribution in [0, 0.1) is 0 Å². The number of benzene rings is 3. The highest BCUT2D eigenvalue weighted by molar-refractivity contribution is 5.52. The number of phenols is 1. The van der Waals surface area contributed by atoms with Crippen molar-refractivity contribution in [3.05, 3.63) is 89.5 Å². The summed E-state index contributed by atoms with van der Waals surface area (Å²) in [5, 5.41) is 9.74. The van der Waals surface area contributed by atoms with Crippen LogP contribution in [-0.2, 0) is 0 Å². The van der Waals surface area contributed by atoms with Crippen LogP contribution in [0.1, 0.15) is 42.4 Å². The van der Waals surface area contributed by atoms with Crippen molar-refractivity contribution in [1.82, 2.24) is 0 Å². The first-order valence-electron chi connectivity index (χ1n) is 9.20. The van der Waals surface area contributed by atoms with Crippen LogP contribution in [0.2, 0.25) is 0 Å². The van der Waals surface area contributed by atoms with Crippen LogP contribution in [0.5, 0.6) is 17.2 Å². The Balaban J connectivity index is 1.93. The minimum Gasteiger partial charge on any atom is -0.508 e. The number of hydrogen-bond donors (Lipinski definition) is 1. The van der Waals surface area contributed by atoms with Crippen LogP contribution >= 0.6 is 0 Å². The molecule has 0 saturated carbocycles. The van der Waals surface area contributed by atoms with Crippen LogP contribution < -0.4 is 9.47 Å². The second-order valence-electron chi connectivity index (χ2n) is 7.57. The summed E-state index contributed by atoms with van der Waals surface area (Å²) in [5.41, 5.74) is 3.11. The summed E-state index contributed by atoms with van der Waals surface area (Å²) in [5.74, 6) is 2.17. The van der Waals surface area contributed by atoms with Crippen LogP contribution in [0.15, 0.2) is 72.8 Å². The summed E-state index contributed by atoms with van der Waals surface area (Å²) in [7, 11) is 1.67. The molecule has 2 atom stereocenters. The summed E-state index contributed by atoms with van der Waals surface area (Å²) in [6.45, 7) is 4.26. The van der Waals surface area contributed by atoms with Gasteiger partial charge in [-0.15, -0.1) is 0 Å². The second-order valence-corrected chi connectivity index (χ2v) is 7.57. The molecule has 3 heteroatoms. The highest BCUT2D eigenvalue weighted by atomic mass is 16.5. The topological polar surface area (TPSA) is 38.7 Å². The fourth-order valence-corrected chi connectivity index (χ4v) is 4.22. The molecule has 3 nitrogen and oxygen atoms in total. The Morgan fingerprint density at radius 2 is 1.59 bits per heavy atom. The first kappa shape index (κ1) is 17.5. The first-order chi connectivity index (χ1) is 13.0. The molecule has 0 fully saturated rings. The van der Waals surface area contributed by atoms with Crippen molar-refractivity contribution in [3.63, 3.8) is 0 Å². The van der Waals surface area contributed by atoms with E-state index in [0.717, 1.165) is 22.6 Å². The monoisotopic (exact) mass is 360 g/mol. The largest absolute Gasteiger partial charge is 0.508 e. The van der Waals surface area contributed by atoms with Gasteiger partial charge in [0.05, 0.1) is 7.11 Å². The molecule has 1 aliphatic heterocycles. The van der Waals surface area contributed by atoms with E-state index in [1.54, 1.807) is 19.2 Å². The maximum Gasteiger partial charge on any atom is 0.127 e. The number of rotatable bonds is 3. The molecule has 1 aliphatic rings. The molecular weight excluding hydrogens is 336 g/mol. The molecule has 0 aliphatic carbocycles. The van der Waals surface area contributed by atoms with Gasteiger partial charge in [0.1, 0.15) is 22.8 Å². The Kier molecular flexibility index (Phi) is 4.31. The van der Waals surface area contributed by atoms with Gasteiger partial charge in [-0.3, -0.25) is 0 Å². The van der Waals surface area contributed by atoms with E-state index in [2.05, 4.69) is 44.2 Å². The highest BCUT2D eigenvalue weighted by Gasteiger charge is 2.45. The van der Waals surface area contributed by atoms with Gasteiger partial charge in [-0.25, -0.2) is 0 Å². The molecule has 3 aromatic rings. The third-order valence-corrected chi connectivity index (χ3v) is 5.42. The molecule has 2 unspecified atom stereocenters. The maximum atomic E-state index is 9.74. The van der Waals surface area contributed by atoms with Gasteiger partial charge >= 0.3 is 0 Å². The summed E-state index contributed by atoms with van der Waals surface area (Å²) >= 11 is 0. The molecule has 1 heterocycles. The normalized spacial score (nSPS) is 20.4. The summed E-state index contributed by atoms with van der Waals surface area (Å²) < 4.78 is 11.9. The van der Waals surface area contributed by atoms with Gasteiger partial charge in [-0.1, -0.05) is 48.5 Å². The van der Waals surface area contributed by atoms with Gasteiger partial charge in [0.25, 0.3) is 0 Å². The minimum absolute atomic E-state index is 0.0985. The molecule has 0 amide bonds. The van der Waals surface area contributed by atoms with Gasteiger partial charge in [0, 0.05) is 23.5 Å². The molecular formula is C24H24O3. The fraction of sp³-hybridized carbons (Fsp3) is 0.250. The van der Waals surface area contributed by atoms with Crippen molar-refractivity contribution < 1.29 is 14.6 Å². The zero-order valence-corrected chi connectivity index (χ0v) is 15.8. The van der Waals surface area contributed by atoms with Crippen molar-refractivity contribution in [2.24, 2.45) is 0 Å². The summed E-state index contributed by atoms with van der Waals surface area (Å²) in [6.07, 6.45) is 0. The van der Waals surface area contributed by atoms with Gasteiger partial charge in [0.2, 0.25) is 0 Å². The summed E-state index contributed by atoms with van der Waals surface area (Å²) in [4.78, 5) is 0. The molecule has 138 valence electrons. The molecule has 0 bridgehead atoms. The molecule has 0 saturated heterocycles. The number of hydrogen-bond acceptors (Lipinski definition) is 3. The Morgan fingerprint density at radius 1 is 0.889 bits per heavy atom. The second kappa shape index (κ2) is 6.66. The number of phenolic OH excluding ortho intramolecular Hbond substituents is 1. The standard InChI is InChI=1S/C24H24O3/c1-24(2)23(17-9-11-18(25)12-10-17)22(16-7-5-4-6-8-16)20-14-13-19(26-3)15-21(20)27-24/h4-15,22-23,25H,1-3H3.